The van der Waals surface area contributed by atoms with Gasteiger partial charge in [0.1, 0.15) is 5.82 Å². The third-order valence-electron chi connectivity index (χ3n) is 2.40. The molecule has 2 rings (SSSR count). The van der Waals surface area contributed by atoms with Crippen LogP contribution in [0.25, 0.3) is 10.8 Å². The first-order valence-electron chi connectivity index (χ1n) is 4.82. The van der Waals surface area contributed by atoms with Crippen LogP contribution in [0.4, 0.5) is 5.82 Å². The van der Waals surface area contributed by atoms with Crippen molar-refractivity contribution in [3.63, 3.8) is 0 Å². The maximum absolute atomic E-state index is 4.41. The number of benzene rings is 1. The first-order valence-corrected chi connectivity index (χ1v) is 5.61. The quantitative estimate of drug-likeness (QED) is 0.785. The highest BCUT2D eigenvalue weighted by Gasteiger charge is 2.07. The lowest BCUT2D eigenvalue weighted by Gasteiger charge is -2.14. The third-order valence-corrected chi connectivity index (χ3v) is 3.03. The lowest BCUT2D eigenvalue weighted by Crippen LogP contribution is -2.11. The molecule has 0 saturated heterocycles. The van der Waals surface area contributed by atoms with E-state index in [1.165, 1.54) is 16.3 Å². The number of fused-ring (bicyclic) bond motifs is 1. The SMILES string of the molecule is Cc1ccc2c(N(C)C)ncc(Br)c2c1. The minimum Gasteiger partial charge on any atom is -0.362 e. The summed E-state index contributed by atoms with van der Waals surface area (Å²) >= 11 is 3.53. The zero-order chi connectivity index (χ0) is 11.0. The monoisotopic (exact) mass is 264 g/mol. The van der Waals surface area contributed by atoms with Crippen LogP contribution in [0, 0.1) is 6.92 Å². The number of aryl methyl sites for hydroxylation is 1. The summed E-state index contributed by atoms with van der Waals surface area (Å²) in [6.45, 7) is 2.10. The molecule has 1 aromatic carbocycles. The van der Waals surface area contributed by atoms with Gasteiger partial charge in [-0.3, -0.25) is 0 Å². The maximum atomic E-state index is 4.41. The molecule has 3 heteroatoms. The molecule has 78 valence electrons. The third kappa shape index (κ3) is 1.84. The summed E-state index contributed by atoms with van der Waals surface area (Å²) in [7, 11) is 4.02. The summed E-state index contributed by atoms with van der Waals surface area (Å²) in [5, 5.41) is 2.40. The van der Waals surface area contributed by atoms with Gasteiger partial charge in [-0.1, -0.05) is 23.8 Å². The fraction of sp³-hybridized carbons (Fsp3) is 0.250. The number of aromatic nitrogens is 1. The molecule has 0 atom stereocenters. The standard InChI is InChI=1S/C12H13BrN2/c1-8-4-5-9-10(6-8)11(13)7-14-12(9)15(2)3/h4-7H,1-3H3. The van der Waals surface area contributed by atoms with E-state index in [2.05, 4.69) is 46.0 Å². The van der Waals surface area contributed by atoms with Crippen LogP contribution in [0.5, 0.6) is 0 Å². The molecule has 1 aromatic heterocycles. The summed E-state index contributed by atoms with van der Waals surface area (Å²) in [5.74, 6) is 1.01. The van der Waals surface area contributed by atoms with Gasteiger partial charge in [-0.25, -0.2) is 4.98 Å². The largest absolute Gasteiger partial charge is 0.362 e. The van der Waals surface area contributed by atoms with Crippen LogP contribution in [-0.2, 0) is 0 Å². The highest BCUT2D eigenvalue weighted by Crippen LogP contribution is 2.29. The van der Waals surface area contributed by atoms with Gasteiger partial charge in [0, 0.05) is 35.5 Å². The highest BCUT2D eigenvalue weighted by molar-refractivity contribution is 9.10. The molecule has 1 heterocycles. The number of anilines is 1. The molecule has 0 aliphatic heterocycles. The van der Waals surface area contributed by atoms with E-state index < -0.39 is 0 Å². The van der Waals surface area contributed by atoms with Gasteiger partial charge < -0.3 is 4.90 Å². The molecule has 15 heavy (non-hydrogen) atoms. The average molecular weight is 265 g/mol. The molecule has 0 fully saturated rings. The van der Waals surface area contributed by atoms with E-state index in [-0.39, 0.29) is 0 Å². The Bertz CT molecular complexity index is 506. The summed E-state index contributed by atoms with van der Waals surface area (Å²) in [6.07, 6.45) is 1.86. The van der Waals surface area contributed by atoms with Crippen molar-refractivity contribution in [3.05, 3.63) is 34.4 Å². The number of nitrogens with zero attached hydrogens (tertiary/aromatic N) is 2. The lowest BCUT2D eigenvalue weighted by molar-refractivity contribution is 1.08. The van der Waals surface area contributed by atoms with Gasteiger partial charge in [-0.05, 0) is 22.9 Å². The van der Waals surface area contributed by atoms with Gasteiger partial charge in [0.2, 0.25) is 0 Å². The van der Waals surface area contributed by atoms with Gasteiger partial charge in [0.15, 0.2) is 0 Å². The first-order chi connectivity index (χ1) is 7.09. The lowest BCUT2D eigenvalue weighted by atomic mass is 10.1. The van der Waals surface area contributed by atoms with Crippen molar-refractivity contribution in [1.29, 1.82) is 0 Å². The summed E-state index contributed by atoms with van der Waals surface area (Å²) in [6, 6.07) is 6.41. The van der Waals surface area contributed by atoms with Crippen LogP contribution in [-0.4, -0.2) is 19.1 Å². The second kappa shape index (κ2) is 3.81. The zero-order valence-electron chi connectivity index (χ0n) is 9.08. The van der Waals surface area contributed by atoms with E-state index in [1.54, 1.807) is 0 Å². The predicted molar refractivity (Wildman–Crippen MR) is 68.5 cm³/mol. The zero-order valence-corrected chi connectivity index (χ0v) is 10.7. The molecule has 0 bridgehead atoms. The predicted octanol–water partition coefficient (Wildman–Crippen LogP) is 3.37. The molecule has 0 amide bonds. The molecular formula is C12H13BrN2. The fourth-order valence-electron chi connectivity index (χ4n) is 1.66. The smallest absolute Gasteiger partial charge is 0.135 e. The van der Waals surface area contributed by atoms with E-state index in [4.69, 9.17) is 0 Å². The maximum Gasteiger partial charge on any atom is 0.135 e. The Hall–Kier alpha value is -1.09. The van der Waals surface area contributed by atoms with Crippen LogP contribution < -0.4 is 4.90 Å². The minimum atomic E-state index is 1.01. The molecule has 0 N–H and O–H groups in total. The molecule has 2 nitrogen and oxygen atoms in total. The number of pyridine rings is 1. The number of rotatable bonds is 1. The molecule has 0 unspecified atom stereocenters. The summed E-state index contributed by atoms with van der Waals surface area (Å²) in [5.41, 5.74) is 1.26. The van der Waals surface area contributed by atoms with E-state index in [1.807, 2.05) is 25.2 Å². The van der Waals surface area contributed by atoms with Crippen molar-refractivity contribution in [1.82, 2.24) is 4.98 Å². The average Bonchev–Trinajstić information content (AvgIpc) is 2.19. The van der Waals surface area contributed by atoms with E-state index in [0.29, 0.717) is 0 Å². The first kappa shape index (κ1) is 10.4. The number of hydrogen-bond donors (Lipinski definition) is 0. The highest BCUT2D eigenvalue weighted by atomic mass is 79.9. The van der Waals surface area contributed by atoms with Gasteiger partial charge in [-0.15, -0.1) is 0 Å². The minimum absolute atomic E-state index is 1.01. The molecule has 0 aliphatic carbocycles. The van der Waals surface area contributed by atoms with Gasteiger partial charge >= 0.3 is 0 Å². The van der Waals surface area contributed by atoms with E-state index in [0.717, 1.165) is 10.3 Å². The van der Waals surface area contributed by atoms with Gasteiger partial charge in [-0.2, -0.15) is 0 Å². The molecule has 0 radical (unpaired) electrons. The Morgan fingerprint density at radius 3 is 2.60 bits per heavy atom. The summed E-state index contributed by atoms with van der Waals surface area (Å²) in [4.78, 5) is 6.45. The van der Waals surface area contributed by atoms with E-state index >= 15 is 0 Å². The van der Waals surface area contributed by atoms with Crippen molar-refractivity contribution in [3.8, 4) is 0 Å². The van der Waals surface area contributed by atoms with Gasteiger partial charge in [0.25, 0.3) is 0 Å². The van der Waals surface area contributed by atoms with Crippen LogP contribution in [0.1, 0.15) is 5.56 Å². The Kier molecular flexibility index (Phi) is 2.65. The Balaban J connectivity index is 2.82. The van der Waals surface area contributed by atoms with Crippen molar-refractivity contribution >= 4 is 32.5 Å². The summed E-state index contributed by atoms with van der Waals surface area (Å²) < 4.78 is 1.05. The Morgan fingerprint density at radius 1 is 1.20 bits per heavy atom. The molecule has 0 saturated carbocycles. The Labute approximate surface area is 98.1 Å². The topological polar surface area (TPSA) is 16.1 Å². The Morgan fingerprint density at radius 2 is 1.93 bits per heavy atom. The second-order valence-corrected chi connectivity index (χ2v) is 4.73. The van der Waals surface area contributed by atoms with Crippen LogP contribution >= 0.6 is 15.9 Å². The van der Waals surface area contributed by atoms with Crippen LogP contribution in [0.2, 0.25) is 0 Å². The molecular weight excluding hydrogens is 252 g/mol. The van der Waals surface area contributed by atoms with Crippen molar-refractivity contribution in [2.45, 2.75) is 6.92 Å². The van der Waals surface area contributed by atoms with Gasteiger partial charge in [0.05, 0.1) is 0 Å². The van der Waals surface area contributed by atoms with Crippen molar-refractivity contribution in [2.75, 3.05) is 19.0 Å². The van der Waals surface area contributed by atoms with E-state index in [9.17, 15) is 0 Å². The normalized spacial score (nSPS) is 10.7. The molecule has 0 aliphatic rings. The molecule has 0 spiro atoms. The second-order valence-electron chi connectivity index (χ2n) is 3.87. The van der Waals surface area contributed by atoms with Crippen molar-refractivity contribution in [2.24, 2.45) is 0 Å². The van der Waals surface area contributed by atoms with Crippen LogP contribution in [0.15, 0.2) is 28.9 Å². The van der Waals surface area contributed by atoms with Crippen LogP contribution in [0.3, 0.4) is 0 Å². The number of halogens is 1. The number of hydrogen-bond acceptors (Lipinski definition) is 2. The van der Waals surface area contributed by atoms with Crippen molar-refractivity contribution < 1.29 is 0 Å². The fourth-order valence-corrected chi connectivity index (χ4v) is 2.09. The molecule has 2 aromatic rings.